The summed E-state index contributed by atoms with van der Waals surface area (Å²) in [7, 11) is 0. The van der Waals surface area contributed by atoms with Crippen molar-refractivity contribution in [3.8, 4) is 27.9 Å². The molecule has 12 rings (SSSR count). The first-order valence-corrected chi connectivity index (χ1v) is 20.1. The van der Waals surface area contributed by atoms with Crippen molar-refractivity contribution >= 4 is 71.6 Å². The van der Waals surface area contributed by atoms with E-state index in [-0.39, 0.29) is 5.41 Å². The monoisotopic (exact) mass is 742 g/mol. The normalized spacial score (nSPS) is 13.1. The molecule has 274 valence electrons. The van der Waals surface area contributed by atoms with E-state index in [2.05, 4.69) is 205 Å². The number of furan rings is 1. The van der Waals surface area contributed by atoms with E-state index in [1.54, 1.807) is 0 Å². The van der Waals surface area contributed by atoms with Crippen LogP contribution >= 0.6 is 0 Å². The van der Waals surface area contributed by atoms with Gasteiger partial charge >= 0.3 is 0 Å². The first kappa shape index (κ1) is 32.8. The van der Waals surface area contributed by atoms with Gasteiger partial charge in [-0.15, -0.1) is 0 Å². The third kappa shape index (κ3) is 4.80. The van der Waals surface area contributed by atoms with E-state index in [1.165, 1.54) is 71.6 Å². The second-order valence-electron chi connectivity index (χ2n) is 16.1. The average molecular weight is 743 g/mol. The lowest BCUT2D eigenvalue weighted by Gasteiger charge is -2.29. The molecular weight excluding hydrogens is 705 g/mol. The van der Waals surface area contributed by atoms with Crippen molar-refractivity contribution in [3.05, 3.63) is 205 Å². The summed E-state index contributed by atoms with van der Waals surface area (Å²) < 4.78 is 8.57. The van der Waals surface area contributed by atoms with Gasteiger partial charge in [0.25, 0.3) is 0 Å². The maximum Gasteiger partial charge on any atom is 0.135 e. The number of aromatic nitrogens is 1. The molecule has 0 atom stereocenters. The summed E-state index contributed by atoms with van der Waals surface area (Å²) in [4.78, 5) is 2.43. The Morgan fingerprint density at radius 2 is 1.02 bits per heavy atom. The predicted octanol–water partition coefficient (Wildman–Crippen LogP) is 15.3. The molecule has 0 spiro atoms. The molecule has 1 aliphatic carbocycles. The standard InChI is InChI=1S/C55H38N2O/c1-55(2)48-33-39(27-29-42(48)43-30-28-40(34-49(43)55)57-51-18-8-5-15-44(51)45-16-6-9-19-52(45)57)56(50-20-11-13-36-12-3-4-14-41(36)50)38-25-22-35(23-26-38)37-24-31-54-47(32-37)46-17-7-10-21-53(46)58-54/h3-34H,1-2H3. The fourth-order valence-corrected chi connectivity index (χ4v) is 9.73. The second kappa shape index (κ2) is 12.3. The van der Waals surface area contributed by atoms with Crippen LogP contribution in [0.15, 0.2) is 199 Å². The van der Waals surface area contributed by atoms with E-state index in [0.29, 0.717) is 0 Å². The van der Waals surface area contributed by atoms with Crippen molar-refractivity contribution in [1.82, 2.24) is 4.57 Å². The molecule has 0 aliphatic heterocycles. The van der Waals surface area contributed by atoms with E-state index in [4.69, 9.17) is 4.42 Å². The molecular formula is C55H38N2O. The highest BCUT2D eigenvalue weighted by molar-refractivity contribution is 6.09. The minimum absolute atomic E-state index is 0.223. The molecule has 9 aromatic carbocycles. The van der Waals surface area contributed by atoms with Crippen LogP contribution in [0.5, 0.6) is 0 Å². The summed E-state index contributed by atoms with van der Waals surface area (Å²) in [6.07, 6.45) is 0. The maximum absolute atomic E-state index is 6.14. The number of rotatable bonds is 5. The number of para-hydroxylation sites is 3. The van der Waals surface area contributed by atoms with Crippen LogP contribution in [0.1, 0.15) is 25.0 Å². The smallest absolute Gasteiger partial charge is 0.135 e. The minimum atomic E-state index is -0.223. The fourth-order valence-electron chi connectivity index (χ4n) is 9.73. The van der Waals surface area contributed by atoms with Crippen LogP contribution in [0.4, 0.5) is 17.1 Å². The maximum atomic E-state index is 6.14. The molecule has 58 heavy (non-hydrogen) atoms. The second-order valence-corrected chi connectivity index (χ2v) is 16.1. The highest BCUT2D eigenvalue weighted by Gasteiger charge is 2.36. The number of anilines is 3. The Labute approximate surface area is 336 Å². The third-order valence-corrected chi connectivity index (χ3v) is 12.6. The molecule has 1 aliphatic rings. The number of nitrogens with zero attached hydrogens (tertiary/aromatic N) is 2. The zero-order valence-corrected chi connectivity index (χ0v) is 32.3. The molecule has 0 unspecified atom stereocenters. The summed E-state index contributed by atoms with van der Waals surface area (Å²) in [5, 5.41) is 7.26. The van der Waals surface area contributed by atoms with Gasteiger partial charge in [-0.25, -0.2) is 0 Å². The topological polar surface area (TPSA) is 21.3 Å². The number of hydrogen-bond donors (Lipinski definition) is 0. The summed E-state index contributed by atoms with van der Waals surface area (Å²) in [5.74, 6) is 0. The van der Waals surface area contributed by atoms with E-state index in [9.17, 15) is 0 Å². The number of fused-ring (bicyclic) bond motifs is 10. The van der Waals surface area contributed by atoms with Crippen LogP contribution in [0.3, 0.4) is 0 Å². The molecule has 3 heteroatoms. The summed E-state index contributed by atoms with van der Waals surface area (Å²) in [6.45, 7) is 4.77. The highest BCUT2D eigenvalue weighted by Crippen LogP contribution is 2.52. The lowest BCUT2D eigenvalue weighted by atomic mass is 9.82. The largest absolute Gasteiger partial charge is 0.456 e. The molecule has 0 fully saturated rings. The first-order chi connectivity index (χ1) is 28.5. The van der Waals surface area contributed by atoms with Gasteiger partial charge in [-0.2, -0.15) is 0 Å². The van der Waals surface area contributed by atoms with E-state index >= 15 is 0 Å². The molecule has 0 N–H and O–H groups in total. The first-order valence-electron chi connectivity index (χ1n) is 20.1. The summed E-state index contributed by atoms with van der Waals surface area (Å²) >= 11 is 0. The van der Waals surface area contributed by atoms with Crippen molar-refractivity contribution in [3.63, 3.8) is 0 Å². The van der Waals surface area contributed by atoms with Gasteiger partial charge in [-0.3, -0.25) is 0 Å². The molecule has 2 aromatic heterocycles. The molecule has 0 bridgehead atoms. The summed E-state index contributed by atoms with van der Waals surface area (Å²) in [6, 6.07) is 70.8. The van der Waals surface area contributed by atoms with Crippen LogP contribution in [0, 0.1) is 0 Å². The van der Waals surface area contributed by atoms with Gasteiger partial charge in [-0.05, 0) is 112 Å². The van der Waals surface area contributed by atoms with Gasteiger partial charge < -0.3 is 13.9 Å². The Balaban J connectivity index is 0.978. The van der Waals surface area contributed by atoms with Gasteiger partial charge in [0.05, 0.1) is 16.7 Å². The van der Waals surface area contributed by atoms with Crippen molar-refractivity contribution in [1.29, 1.82) is 0 Å². The quantitative estimate of drug-likeness (QED) is 0.175. The Hall–Kier alpha value is -7.36. The molecule has 11 aromatic rings. The minimum Gasteiger partial charge on any atom is -0.456 e. The third-order valence-electron chi connectivity index (χ3n) is 12.6. The van der Waals surface area contributed by atoms with Gasteiger partial charge in [-0.1, -0.05) is 135 Å². The van der Waals surface area contributed by atoms with Crippen molar-refractivity contribution in [2.75, 3.05) is 4.90 Å². The van der Waals surface area contributed by atoms with Gasteiger partial charge in [0.1, 0.15) is 11.2 Å². The van der Waals surface area contributed by atoms with Crippen LogP contribution < -0.4 is 4.90 Å². The molecule has 0 saturated heterocycles. The van der Waals surface area contributed by atoms with Crippen LogP contribution in [0.25, 0.3) is 82.5 Å². The molecule has 2 heterocycles. The number of hydrogen-bond acceptors (Lipinski definition) is 2. The van der Waals surface area contributed by atoms with Crippen molar-refractivity contribution in [2.45, 2.75) is 19.3 Å². The van der Waals surface area contributed by atoms with E-state index in [1.807, 2.05) is 12.1 Å². The highest BCUT2D eigenvalue weighted by atomic mass is 16.3. The van der Waals surface area contributed by atoms with Gasteiger partial charge in [0.15, 0.2) is 0 Å². The fraction of sp³-hybridized carbons (Fsp3) is 0.0545. The van der Waals surface area contributed by atoms with Gasteiger partial charge in [0, 0.05) is 49.4 Å². The Kier molecular flexibility index (Phi) is 6.98. The molecule has 0 saturated carbocycles. The van der Waals surface area contributed by atoms with E-state index in [0.717, 1.165) is 39.0 Å². The molecule has 0 radical (unpaired) electrons. The Morgan fingerprint density at radius 3 is 1.79 bits per heavy atom. The molecule has 0 amide bonds. The average Bonchev–Trinajstić information content (AvgIpc) is 3.89. The van der Waals surface area contributed by atoms with Gasteiger partial charge in [0.2, 0.25) is 0 Å². The zero-order valence-electron chi connectivity index (χ0n) is 32.3. The van der Waals surface area contributed by atoms with Crippen LogP contribution in [-0.4, -0.2) is 4.57 Å². The SMILES string of the molecule is CC1(C)c2cc(N(c3ccc(-c4ccc5oc6ccccc6c5c4)cc3)c3cccc4ccccc34)ccc2-c2ccc(-n3c4ccccc4c4ccccc43)cc21. The number of benzene rings is 9. The van der Waals surface area contributed by atoms with E-state index < -0.39 is 0 Å². The predicted molar refractivity (Wildman–Crippen MR) is 243 cm³/mol. The lowest BCUT2D eigenvalue weighted by Crippen LogP contribution is -2.17. The van der Waals surface area contributed by atoms with Crippen LogP contribution in [-0.2, 0) is 5.41 Å². The zero-order chi connectivity index (χ0) is 38.5. The van der Waals surface area contributed by atoms with Crippen molar-refractivity contribution in [2.24, 2.45) is 0 Å². The Bertz CT molecular complexity index is 3380. The van der Waals surface area contributed by atoms with Crippen molar-refractivity contribution < 1.29 is 4.42 Å². The molecule has 3 nitrogen and oxygen atoms in total. The Morgan fingerprint density at radius 1 is 0.431 bits per heavy atom. The van der Waals surface area contributed by atoms with Crippen LogP contribution in [0.2, 0.25) is 0 Å². The lowest BCUT2D eigenvalue weighted by molar-refractivity contribution is 0.660. The summed E-state index contributed by atoms with van der Waals surface area (Å²) in [5.41, 5.74) is 16.3.